The van der Waals surface area contributed by atoms with Crippen molar-refractivity contribution in [2.24, 2.45) is 4.99 Å². The lowest BCUT2D eigenvalue weighted by Crippen LogP contribution is -2.31. The summed E-state index contributed by atoms with van der Waals surface area (Å²) < 4.78 is 25.5. The Labute approximate surface area is 135 Å². The fourth-order valence-electron chi connectivity index (χ4n) is 2.38. The number of amidine groups is 1. The second kappa shape index (κ2) is 7.63. The monoisotopic (exact) mass is 314 g/mol. The predicted molar refractivity (Wildman–Crippen MR) is 87.9 cm³/mol. The fraction of sp³-hybridized carbons (Fsp3) is 0.278. The van der Waals surface area contributed by atoms with Crippen LogP contribution in [0, 0.1) is 5.82 Å². The van der Waals surface area contributed by atoms with E-state index in [0.717, 1.165) is 18.7 Å². The highest BCUT2D eigenvalue weighted by Gasteiger charge is 2.17. The Hall–Kier alpha value is -2.56. The molecule has 0 atom stereocenters. The first-order valence-electron chi connectivity index (χ1n) is 7.72. The van der Waals surface area contributed by atoms with Crippen LogP contribution in [0.25, 0.3) is 0 Å². The Balaban J connectivity index is 1.63. The summed E-state index contributed by atoms with van der Waals surface area (Å²) in [7, 11) is 0. The highest BCUT2D eigenvalue weighted by atomic mass is 19.1. The first-order valence-corrected chi connectivity index (χ1v) is 7.72. The van der Waals surface area contributed by atoms with Gasteiger partial charge in [0.1, 0.15) is 36.4 Å². The van der Waals surface area contributed by atoms with E-state index in [2.05, 4.69) is 10.3 Å². The first-order chi connectivity index (χ1) is 11.3. The van der Waals surface area contributed by atoms with Gasteiger partial charge < -0.3 is 14.8 Å². The van der Waals surface area contributed by atoms with E-state index in [1.54, 1.807) is 12.1 Å². The van der Waals surface area contributed by atoms with E-state index in [9.17, 15) is 4.39 Å². The van der Waals surface area contributed by atoms with Crippen molar-refractivity contribution in [2.45, 2.75) is 6.42 Å². The summed E-state index contributed by atoms with van der Waals surface area (Å²) in [6, 6.07) is 14.3. The van der Waals surface area contributed by atoms with Crippen LogP contribution in [0.15, 0.2) is 53.5 Å². The molecule has 0 aromatic heterocycles. The number of halogens is 1. The lowest BCUT2D eigenvalue weighted by Gasteiger charge is -2.18. The van der Waals surface area contributed by atoms with E-state index in [1.807, 2.05) is 30.3 Å². The Bertz CT molecular complexity index is 674. The van der Waals surface area contributed by atoms with E-state index in [1.165, 1.54) is 6.07 Å². The van der Waals surface area contributed by atoms with Crippen molar-refractivity contribution in [2.75, 3.05) is 26.3 Å². The minimum Gasteiger partial charge on any atom is -0.490 e. The molecule has 120 valence electrons. The van der Waals surface area contributed by atoms with Crippen molar-refractivity contribution in [3.63, 3.8) is 0 Å². The third kappa shape index (κ3) is 4.00. The third-order valence-corrected chi connectivity index (χ3v) is 3.46. The van der Waals surface area contributed by atoms with Crippen LogP contribution in [-0.2, 0) is 0 Å². The molecule has 0 aliphatic carbocycles. The third-order valence-electron chi connectivity index (χ3n) is 3.46. The molecule has 0 amide bonds. The summed E-state index contributed by atoms with van der Waals surface area (Å²) in [5.74, 6) is 1.50. The molecule has 2 aromatic rings. The molecule has 0 bridgehead atoms. The second-order valence-electron chi connectivity index (χ2n) is 5.13. The van der Waals surface area contributed by atoms with Gasteiger partial charge in [-0.1, -0.05) is 24.3 Å². The highest BCUT2D eigenvalue weighted by Crippen LogP contribution is 2.22. The normalized spacial score (nSPS) is 13.9. The molecule has 0 fully saturated rings. The lowest BCUT2D eigenvalue weighted by molar-refractivity contribution is 0.216. The molecule has 0 saturated carbocycles. The van der Waals surface area contributed by atoms with Crippen LogP contribution in [-0.4, -0.2) is 32.1 Å². The average molecular weight is 314 g/mol. The predicted octanol–water partition coefficient (Wildman–Crippen LogP) is 3.02. The van der Waals surface area contributed by atoms with Gasteiger partial charge in [0.25, 0.3) is 0 Å². The van der Waals surface area contributed by atoms with Gasteiger partial charge in [-0.2, -0.15) is 0 Å². The maximum Gasteiger partial charge on any atom is 0.137 e. The number of hydrogen-bond acceptors (Lipinski definition) is 4. The zero-order valence-corrected chi connectivity index (χ0v) is 12.8. The van der Waals surface area contributed by atoms with Gasteiger partial charge >= 0.3 is 0 Å². The van der Waals surface area contributed by atoms with Gasteiger partial charge in [0.15, 0.2) is 0 Å². The van der Waals surface area contributed by atoms with E-state index < -0.39 is 0 Å². The van der Waals surface area contributed by atoms with Gasteiger partial charge in [-0.05, 0) is 30.7 Å². The molecule has 1 N–H and O–H groups in total. The molecule has 0 radical (unpaired) electrons. The van der Waals surface area contributed by atoms with E-state index in [0.29, 0.717) is 36.9 Å². The molecule has 0 saturated heterocycles. The van der Waals surface area contributed by atoms with Gasteiger partial charge in [0, 0.05) is 13.1 Å². The van der Waals surface area contributed by atoms with Crippen LogP contribution in [0.1, 0.15) is 12.0 Å². The number of para-hydroxylation sites is 1. The minimum atomic E-state index is -0.334. The van der Waals surface area contributed by atoms with Crippen LogP contribution < -0.4 is 14.8 Å². The number of hydrogen-bond donors (Lipinski definition) is 1. The number of benzene rings is 2. The van der Waals surface area contributed by atoms with E-state index in [-0.39, 0.29) is 5.82 Å². The molecule has 1 heterocycles. The summed E-state index contributed by atoms with van der Waals surface area (Å²) in [6.07, 6.45) is 0.957. The van der Waals surface area contributed by atoms with Crippen molar-refractivity contribution < 1.29 is 13.9 Å². The number of nitrogens with one attached hydrogen (secondary N) is 1. The molecule has 2 aromatic carbocycles. The van der Waals surface area contributed by atoms with Crippen molar-refractivity contribution in [1.82, 2.24) is 5.32 Å². The first kappa shape index (κ1) is 15.3. The molecular formula is C18H19FN2O2. The molecule has 5 heteroatoms. The van der Waals surface area contributed by atoms with Crippen molar-refractivity contribution in [3.05, 3.63) is 59.9 Å². The summed E-state index contributed by atoms with van der Waals surface area (Å²) in [5.41, 5.74) is 0.395. The Morgan fingerprint density at radius 2 is 1.83 bits per heavy atom. The van der Waals surface area contributed by atoms with Crippen LogP contribution in [0.5, 0.6) is 11.5 Å². The standard InChI is InChI=1S/C18H19FN2O2/c19-15-8-4-9-16(17(15)18-20-10-5-11-21-18)23-13-12-22-14-6-2-1-3-7-14/h1-4,6-9H,5,10-13H2,(H,20,21). The zero-order valence-electron chi connectivity index (χ0n) is 12.8. The van der Waals surface area contributed by atoms with E-state index in [4.69, 9.17) is 9.47 Å². The van der Waals surface area contributed by atoms with Gasteiger partial charge in [0.2, 0.25) is 0 Å². The Kier molecular flexibility index (Phi) is 5.09. The largest absolute Gasteiger partial charge is 0.490 e. The molecule has 0 spiro atoms. The number of rotatable bonds is 6. The molecule has 1 aliphatic heterocycles. The SMILES string of the molecule is Fc1cccc(OCCOc2ccccc2)c1C1=NCCCN1. The summed E-state index contributed by atoms with van der Waals surface area (Å²) >= 11 is 0. The Morgan fingerprint density at radius 3 is 2.61 bits per heavy atom. The summed E-state index contributed by atoms with van der Waals surface area (Å²) in [5, 5.41) is 3.13. The average Bonchev–Trinajstić information content (AvgIpc) is 2.60. The van der Waals surface area contributed by atoms with Crippen molar-refractivity contribution in [3.8, 4) is 11.5 Å². The number of aliphatic imine (C=N–C) groups is 1. The number of ether oxygens (including phenoxy) is 2. The quantitative estimate of drug-likeness (QED) is 0.834. The van der Waals surface area contributed by atoms with Gasteiger partial charge in [0.05, 0.1) is 5.56 Å². The molecular weight excluding hydrogens is 295 g/mol. The fourth-order valence-corrected chi connectivity index (χ4v) is 2.38. The smallest absolute Gasteiger partial charge is 0.137 e. The van der Waals surface area contributed by atoms with Crippen molar-refractivity contribution >= 4 is 5.84 Å². The molecule has 23 heavy (non-hydrogen) atoms. The van der Waals surface area contributed by atoms with Crippen molar-refractivity contribution in [1.29, 1.82) is 0 Å². The maximum atomic E-state index is 14.2. The molecule has 3 rings (SSSR count). The lowest BCUT2D eigenvalue weighted by atomic mass is 10.1. The zero-order chi connectivity index (χ0) is 15.9. The topological polar surface area (TPSA) is 42.9 Å². The van der Waals surface area contributed by atoms with E-state index >= 15 is 0 Å². The van der Waals surface area contributed by atoms with Gasteiger partial charge in [-0.15, -0.1) is 0 Å². The number of nitrogens with zero attached hydrogens (tertiary/aromatic N) is 1. The van der Waals surface area contributed by atoms with Gasteiger partial charge in [-0.3, -0.25) is 4.99 Å². The highest BCUT2D eigenvalue weighted by molar-refractivity contribution is 6.01. The van der Waals surface area contributed by atoms with Crippen LogP contribution in [0.3, 0.4) is 0 Å². The summed E-state index contributed by atoms with van der Waals surface area (Å²) in [4.78, 5) is 4.35. The second-order valence-corrected chi connectivity index (χ2v) is 5.13. The summed E-state index contributed by atoms with van der Waals surface area (Å²) in [6.45, 7) is 2.22. The molecule has 0 unspecified atom stereocenters. The van der Waals surface area contributed by atoms with Gasteiger partial charge in [-0.25, -0.2) is 4.39 Å². The maximum absolute atomic E-state index is 14.2. The van der Waals surface area contributed by atoms with Crippen LogP contribution >= 0.6 is 0 Å². The van der Waals surface area contributed by atoms with Crippen LogP contribution in [0.2, 0.25) is 0 Å². The van der Waals surface area contributed by atoms with Crippen LogP contribution in [0.4, 0.5) is 4.39 Å². The Morgan fingerprint density at radius 1 is 1.00 bits per heavy atom. The minimum absolute atomic E-state index is 0.332. The molecule has 1 aliphatic rings. The molecule has 4 nitrogen and oxygen atoms in total.